The van der Waals surface area contributed by atoms with Crippen LogP contribution in [0.3, 0.4) is 0 Å². The van der Waals surface area contributed by atoms with Crippen LogP contribution in [0.15, 0.2) is 30.9 Å². The molecule has 0 spiro atoms. The summed E-state index contributed by atoms with van der Waals surface area (Å²) in [6.45, 7) is -0.00728. The highest BCUT2D eigenvalue weighted by Gasteiger charge is 2.33. The van der Waals surface area contributed by atoms with E-state index in [0.717, 1.165) is 12.1 Å². The van der Waals surface area contributed by atoms with E-state index < -0.39 is 22.4 Å². The van der Waals surface area contributed by atoms with Crippen molar-refractivity contribution in [2.24, 2.45) is 5.73 Å². The highest BCUT2D eigenvalue weighted by Crippen LogP contribution is 2.30. The second kappa shape index (κ2) is 10.8. The zero-order valence-corrected chi connectivity index (χ0v) is 16.9. The van der Waals surface area contributed by atoms with Gasteiger partial charge in [-0.2, -0.15) is 5.10 Å². The third-order valence-corrected chi connectivity index (χ3v) is 3.91. The van der Waals surface area contributed by atoms with Crippen LogP contribution >= 0.6 is 24.4 Å². The Morgan fingerprint density at radius 1 is 1.36 bits per heavy atom. The number of nitrogens with two attached hydrogens (primary N) is 1. The number of halogens is 2. The van der Waals surface area contributed by atoms with Gasteiger partial charge >= 0.3 is 0 Å². The second-order valence-corrected chi connectivity index (χ2v) is 6.61. The Balaban J connectivity index is 0.000000892. The number of hydrogen-bond acceptors (Lipinski definition) is 6. The topological polar surface area (TPSA) is 110 Å². The van der Waals surface area contributed by atoms with Crippen molar-refractivity contribution >= 4 is 34.8 Å². The molecule has 1 aromatic heterocycles. The minimum atomic E-state index is -1.66. The lowest BCUT2D eigenvalue weighted by Gasteiger charge is -2.29. The molecule has 0 amide bonds. The van der Waals surface area contributed by atoms with E-state index in [4.69, 9.17) is 22.1 Å². The number of hydrogen-bond donors (Lipinski definition) is 3. The molecule has 0 aliphatic rings. The smallest absolute Gasteiger partial charge is 0.258 e. The monoisotopic (exact) mass is 433 g/mol. The summed E-state index contributed by atoms with van der Waals surface area (Å²) in [5.41, 5.74) is 2.70. The van der Waals surface area contributed by atoms with Gasteiger partial charge in [-0.25, -0.2) is 18.4 Å². The van der Waals surface area contributed by atoms with E-state index in [0.29, 0.717) is 0 Å². The average molecular weight is 434 g/mol. The first-order valence-corrected chi connectivity index (χ1v) is 8.69. The number of benzene rings is 1. The number of thiocarbonyl (C=S) groups is 2. The van der Waals surface area contributed by atoms with Gasteiger partial charge in [0.25, 0.3) is 10.3 Å². The summed E-state index contributed by atoms with van der Waals surface area (Å²) in [6, 6.07) is 3.04. The standard InChI is InChI=1S/C15H18F2N4O2S.CH3NOS/c1-20(2)14(24)23-6-5-15(22,8-21-10-18-9-19-21)12-4-3-11(16)7-13(12)17;2-1(3)4/h3-4,7,9-10,22H,5-6,8H2,1-2H3;(H3,2,3,4)/t15-;/m0./s1. The van der Waals surface area contributed by atoms with Gasteiger partial charge in [0.15, 0.2) is 0 Å². The molecule has 28 heavy (non-hydrogen) atoms. The highest BCUT2D eigenvalue weighted by atomic mass is 32.1. The molecule has 4 N–H and O–H groups in total. The van der Waals surface area contributed by atoms with Crippen LogP contribution < -0.4 is 5.73 Å². The Bertz CT molecular complexity index is 789. The fourth-order valence-corrected chi connectivity index (χ4v) is 2.27. The summed E-state index contributed by atoms with van der Waals surface area (Å²) in [7, 11) is 3.45. The summed E-state index contributed by atoms with van der Waals surface area (Å²) >= 11 is 8.88. The maximum absolute atomic E-state index is 14.2. The van der Waals surface area contributed by atoms with E-state index in [9.17, 15) is 13.9 Å². The van der Waals surface area contributed by atoms with Crippen molar-refractivity contribution in [3.8, 4) is 0 Å². The number of ether oxygens (including phenoxy) is 1. The lowest BCUT2D eigenvalue weighted by Crippen LogP contribution is -2.35. The minimum absolute atomic E-state index is 0.0311. The molecule has 0 bridgehead atoms. The summed E-state index contributed by atoms with van der Waals surface area (Å²) in [5, 5.41) is 22.2. The van der Waals surface area contributed by atoms with Crippen LogP contribution in [-0.2, 0) is 16.9 Å². The molecule has 0 radical (unpaired) electrons. The number of rotatable bonds is 6. The van der Waals surface area contributed by atoms with Gasteiger partial charge in [-0.1, -0.05) is 6.07 Å². The Morgan fingerprint density at radius 2 is 2.00 bits per heavy atom. The average Bonchev–Trinajstić information content (AvgIpc) is 3.06. The van der Waals surface area contributed by atoms with Crippen molar-refractivity contribution in [1.82, 2.24) is 19.7 Å². The second-order valence-electron chi connectivity index (χ2n) is 5.85. The quantitative estimate of drug-likeness (QED) is 0.584. The molecule has 8 nitrogen and oxygen atoms in total. The molecule has 2 aromatic rings. The molecule has 0 aliphatic heterocycles. The normalized spacial score (nSPS) is 12.3. The van der Waals surface area contributed by atoms with Gasteiger partial charge < -0.3 is 25.6 Å². The first-order valence-electron chi connectivity index (χ1n) is 7.88. The zero-order chi connectivity index (χ0) is 21.3. The van der Waals surface area contributed by atoms with E-state index in [2.05, 4.69) is 28.0 Å². The molecule has 0 saturated carbocycles. The van der Waals surface area contributed by atoms with Crippen LogP contribution in [0.25, 0.3) is 0 Å². The van der Waals surface area contributed by atoms with E-state index in [1.54, 1.807) is 19.0 Å². The lowest BCUT2D eigenvalue weighted by atomic mass is 9.90. The predicted octanol–water partition coefficient (Wildman–Crippen LogP) is 1.49. The van der Waals surface area contributed by atoms with Gasteiger partial charge in [0, 0.05) is 32.1 Å². The van der Waals surface area contributed by atoms with Crippen LogP contribution in [0, 0.1) is 11.6 Å². The summed E-state index contributed by atoms with van der Waals surface area (Å²) < 4.78 is 34.1. The number of aliphatic hydroxyl groups is 2. The molecular weight excluding hydrogens is 412 g/mol. The van der Waals surface area contributed by atoms with E-state index in [-0.39, 0.29) is 30.3 Å². The summed E-state index contributed by atoms with van der Waals surface area (Å²) in [6.07, 6.45) is 2.74. The van der Waals surface area contributed by atoms with Gasteiger partial charge in [-0.3, -0.25) is 0 Å². The van der Waals surface area contributed by atoms with Crippen molar-refractivity contribution in [1.29, 1.82) is 0 Å². The fraction of sp³-hybridized carbons (Fsp3) is 0.375. The van der Waals surface area contributed by atoms with Crippen molar-refractivity contribution in [2.75, 3.05) is 20.7 Å². The largest absolute Gasteiger partial charge is 0.487 e. The Kier molecular flexibility index (Phi) is 9.09. The predicted molar refractivity (Wildman–Crippen MR) is 107 cm³/mol. The molecule has 2 rings (SSSR count). The van der Waals surface area contributed by atoms with E-state index >= 15 is 0 Å². The molecule has 1 heterocycles. The van der Waals surface area contributed by atoms with Gasteiger partial charge in [0.2, 0.25) is 0 Å². The summed E-state index contributed by atoms with van der Waals surface area (Å²) in [5.74, 6) is -1.56. The molecule has 154 valence electrons. The molecule has 0 aliphatic carbocycles. The molecule has 12 heteroatoms. The van der Waals surface area contributed by atoms with Crippen molar-refractivity contribution in [3.63, 3.8) is 0 Å². The van der Waals surface area contributed by atoms with Crippen LogP contribution in [-0.4, -0.2) is 60.9 Å². The third-order valence-electron chi connectivity index (χ3n) is 3.43. The Hall–Kier alpha value is -2.44. The highest BCUT2D eigenvalue weighted by molar-refractivity contribution is 7.80. The van der Waals surface area contributed by atoms with Crippen LogP contribution in [0.1, 0.15) is 12.0 Å². The van der Waals surface area contributed by atoms with Crippen LogP contribution in [0.5, 0.6) is 0 Å². The molecule has 1 aromatic carbocycles. The van der Waals surface area contributed by atoms with Crippen molar-refractivity contribution in [3.05, 3.63) is 48.1 Å². The molecule has 1 atom stereocenters. The number of aliphatic hydroxyl groups excluding tert-OH is 1. The van der Waals surface area contributed by atoms with Gasteiger partial charge in [-0.05, 0) is 30.5 Å². The first-order chi connectivity index (χ1) is 13.0. The SMILES string of the molecule is CN(C)C(=S)OCC[C@](O)(Cn1cncn1)c1ccc(F)cc1F.NC(O)=S. The van der Waals surface area contributed by atoms with Gasteiger partial charge in [-0.15, -0.1) is 0 Å². The number of nitrogens with zero attached hydrogens (tertiary/aromatic N) is 4. The minimum Gasteiger partial charge on any atom is -0.487 e. The van der Waals surface area contributed by atoms with Gasteiger partial charge in [0.05, 0.1) is 13.2 Å². The third kappa shape index (κ3) is 7.66. The fourth-order valence-electron chi connectivity index (χ4n) is 2.18. The number of aromatic nitrogens is 3. The first kappa shape index (κ1) is 23.6. The van der Waals surface area contributed by atoms with Crippen molar-refractivity contribution in [2.45, 2.75) is 18.6 Å². The molecular formula is C16H21F2N5O3S2. The Labute approximate surface area is 171 Å². The maximum Gasteiger partial charge on any atom is 0.258 e. The molecule has 0 fully saturated rings. The molecule has 0 saturated heterocycles. The Morgan fingerprint density at radius 3 is 2.50 bits per heavy atom. The van der Waals surface area contributed by atoms with Gasteiger partial charge in [0.1, 0.15) is 29.9 Å². The lowest BCUT2D eigenvalue weighted by molar-refractivity contribution is -0.00997. The van der Waals surface area contributed by atoms with Crippen LogP contribution in [0.2, 0.25) is 0 Å². The van der Waals surface area contributed by atoms with E-state index in [1.165, 1.54) is 23.4 Å². The van der Waals surface area contributed by atoms with Crippen LogP contribution in [0.4, 0.5) is 8.78 Å². The maximum atomic E-state index is 14.2. The zero-order valence-electron chi connectivity index (χ0n) is 15.2. The van der Waals surface area contributed by atoms with Crippen molar-refractivity contribution < 1.29 is 23.7 Å². The van der Waals surface area contributed by atoms with E-state index in [1.807, 2.05) is 0 Å². The molecule has 0 unspecified atom stereocenters. The summed E-state index contributed by atoms with van der Waals surface area (Å²) in [4.78, 5) is 5.40.